The molecule has 1 fully saturated rings. The Balaban J connectivity index is 1.97. The van der Waals surface area contributed by atoms with Crippen molar-refractivity contribution in [2.75, 3.05) is 27.2 Å². The number of piperidine rings is 1. The van der Waals surface area contributed by atoms with E-state index in [-0.39, 0.29) is 6.04 Å². The Bertz CT molecular complexity index is 579. The molecule has 0 amide bonds. The zero-order chi connectivity index (χ0) is 13.4. The molecule has 1 aromatic carbocycles. The first kappa shape index (κ1) is 12.5. The summed E-state index contributed by atoms with van der Waals surface area (Å²) in [7, 11) is 3.77. The third kappa shape index (κ3) is 2.22. The lowest BCUT2D eigenvalue weighted by Gasteiger charge is -2.33. The predicted octanol–water partition coefficient (Wildman–Crippen LogP) is 2.19. The molecule has 0 aliphatic carbocycles. The average molecular weight is 260 g/mol. The van der Waals surface area contributed by atoms with Gasteiger partial charge in [0.1, 0.15) is 5.76 Å². The van der Waals surface area contributed by atoms with E-state index in [1.54, 1.807) is 7.11 Å². The molecule has 1 aromatic heterocycles. The highest BCUT2D eigenvalue weighted by Gasteiger charge is 2.29. The number of rotatable bonds is 2. The Morgan fingerprint density at radius 2 is 2.26 bits per heavy atom. The molecule has 0 saturated carbocycles. The van der Waals surface area contributed by atoms with Crippen molar-refractivity contribution >= 4 is 11.0 Å². The number of fused-ring (bicyclic) bond motifs is 1. The molecule has 0 spiro atoms. The van der Waals surface area contributed by atoms with E-state index in [4.69, 9.17) is 14.9 Å². The van der Waals surface area contributed by atoms with Crippen LogP contribution in [0.15, 0.2) is 28.7 Å². The summed E-state index contributed by atoms with van der Waals surface area (Å²) >= 11 is 0. The zero-order valence-corrected chi connectivity index (χ0v) is 11.4. The van der Waals surface area contributed by atoms with Crippen LogP contribution >= 0.6 is 0 Å². The molecule has 19 heavy (non-hydrogen) atoms. The number of nitrogens with zero attached hydrogens (tertiary/aromatic N) is 1. The van der Waals surface area contributed by atoms with Gasteiger partial charge >= 0.3 is 0 Å². The summed E-state index contributed by atoms with van der Waals surface area (Å²) in [5, 5.41) is 1.08. The van der Waals surface area contributed by atoms with Gasteiger partial charge in [0, 0.05) is 23.9 Å². The summed E-state index contributed by atoms with van der Waals surface area (Å²) in [6, 6.07) is 8.18. The van der Waals surface area contributed by atoms with Gasteiger partial charge < -0.3 is 19.8 Å². The van der Waals surface area contributed by atoms with Crippen molar-refractivity contribution in [2.24, 2.45) is 5.73 Å². The number of methoxy groups -OCH3 is 1. The molecule has 2 aromatic rings. The first-order valence-corrected chi connectivity index (χ1v) is 6.69. The number of furan rings is 1. The molecule has 2 unspecified atom stereocenters. The van der Waals surface area contributed by atoms with E-state index in [2.05, 4.69) is 18.0 Å². The minimum atomic E-state index is 0.130. The Hall–Kier alpha value is -1.52. The summed E-state index contributed by atoms with van der Waals surface area (Å²) in [5.74, 6) is 2.07. The van der Waals surface area contributed by atoms with Crippen LogP contribution in [-0.2, 0) is 0 Å². The van der Waals surface area contributed by atoms with E-state index in [0.717, 1.165) is 42.0 Å². The van der Waals surface area contributed by atoms with Crippen LogP contribution in [0.3, 0.4) is 0 Å². The summed E-state index contributed by atoms with van der Waals surface area (Å²) < 4.78 is 11.4. The van der Waals surface area contributed by atoms with Crippen molar-refractivity contribution < 1.29 is 9.15 Å². The lowest BCUT2D eigenvalue weighted by molar-refractivity contribution is 0.215. The Morgan fingerprint density at radius 1 is 1.42 bits per heavy atom. The molecule has 3 rings (SSSR count). The largest absolute Gasteiger partial charge is 0.493 e. The first-order valence-electron chi connectivity index (χ1n) is 6.69. The van der Waals surface area contributed by atoms with Crippen LogP contribution in [0.1, 0.15) is 18.1 Å². The average Bonchev–Trinajstić information content (AvgIpc) is 2.81. The van der Waals surface area contributed by atoms with Gasteiger partial charge in [-0.1, -0.05) is 12.1 Å². The van der Waals surface area contributed by atoms with Gasteiger partial charge in [0.05, 0.1) is 7.11 Å². The van der Waals surface area contributed by atoms with Crippen molar-refractivity contribution in [2.45, 2.75) is 18.4 Å². The second-order valence-corrected chi connectivity index (χ2v) is 5.35. The molecule has 1 aliphatic rings. The molecule has 0 bridgehead atoms. The number of ether oxygens (including phenoxy) is 1. The minimum Gasteiger partial charge on any atom is -0.493 e. The molecule has 2 N–H and O–H groups in total. The second kappa shape index (κ2) is 4.87. The normalized spacial score (nSPS) is 24.8. The maximum absolute atomic E-state index is 6.26. The third-order valence-electron chi connectivity index (χ3n) is 3.97. The fraction of sp³-hybridized carbons (Fsp3) is 0.467. The van der Waals surface area contributed by atoms with Gasteiger partial charge in [-0.15, -0.1) is 0 Å². The monoisotopic (exact) mass is 260 g/mol. The predicted molar refractivity (Wildman–Crippen MR) is 75.6 cm³/mol. The molecule has 0 radical (unpaired) electrons. The van der Waals surface area contributed by atoms with E-state index in [9.17, 15) is 0 Å². The van der Waals surface area contributed by atoms with Crippen LogP contribution in [0.25, 0.3) is 11.0 Å². The fourth-order valence-corrected chi connectivity index (χ4v) is 2.90. The van der Waals surface area contributed by atoms with E-state index in [1.807, 2.05) is 18.2 Å². The Kier molecular flexibility index (Phi) is 3.21. The molecule has 2 atom stereocenters. The first-order chi connectivity index (χ1) is 9.19. The molecular formula is C15H20N2O2. The number of benzene rings is 1. The molecule has 2 heterocycles. The van der Waals surface area contributed by atoms with Gasteiger partial charge in [0.25, 0.3) is 0 Å². The van der Waals surface area contributed by atoms with E-state index in [1.165, 1.54) is 0 Å². The second-order valence-electron chi connectivity index (χ2n) is 5.35. The van der Waals surface area contributed by atoms with Crippen molar-refractivity contribution in [3.05, 3.63) is 30.0 Å². The number of para-hydroxylation sites is 1. The molecule has 1 saturated heterocycles. The number of hydrogen-bond donors (Lipinski definition) is 1. The standard InChI is InChI=1S/C15H20N2O2/c1-17-7-6-11(12(16)9-17)14-8-10-4-3-5-13(18-2)15(10)19-14/h3-5,8,11-12H,6-7,9,16H2,1-2H3. The maximum atomic E-state index is 6.26. The molecular weight excluding hydrogens is 240 g/mol. The van der Waals surface area contributed by atoms with Gasteiger partial charge in [-0.2, -0.15) is 0 Å². The lowest BCUT2D eigenvalue weighted by Crippen LogP contribution is -2.45. The summed E-state index contributed by atoms with van der Waals surface area (Å²) in [4.78, 5) is 2.27. The van der Waals surface area contributed by atoms with Gasteiger partial charge in [0.15, 0.2) is 11.3 Å². The molecule has 4 nitrogen and oxygen atoms in total. The van der Waals surface area contributed by atoms with Crippen LogP contribution in [0.4, 0.5) is 0 Å². The van der Waals surface area contributed by atoms with Gasteiger partial charge in [-0.3, -0.25) is 0 Å². The maximum Gasteiger partial charge on any atom is 0.176 e. The number of hydrogen-bond acceptors (Lipinski definition) is 4. The Morgan fingerprint density at radius 3 is 3.00 bits per heavy atom. The summed E-state index contributed by atoms with van der Waals surface area (Å²) in [6.45, 7) is 1.98. The summed E-state index contributed by atoms with van der Waals surface area (Å²) in [5.41, 5.74) is 7.09. The smallest absolute Gasteiger partial charge is 0.176 e. The minimum absolute atomic E-state index is 0.130. The highest BCUT2D eigenvalue weighted by atomic mass is 16.5. The van der Waals surface area contributed by atoms with Crippen LogP contribution < -0.4 is 10.5 Å². The van der Waals surface area contributed by atoms with Gasteiger partial charge in [0.2, 0.25) is 0 Å². The van der Waals surface area contributed by atoms with E-state index < -0.39 is 0 Å². The SMILES string of the molecule is COc1cccc2cc(C3CCN(C)CC3N)oc12. The topological polar surface area (TPSA) is 51.6 Å². The zero-order valence-electron chi connectivity index (χ0n) is 11.4. The van der Waals surface area contributed by atoms with Crippen molar-refractivity contribution in [3.8, 4) is 5.75 Å². The van der Waals surface area contributed by atoms with Crippen LogP contribution in [-0.4, -0.2) is 38.2 Å². The number of nitrogens with two attached hydrogens (primary N) is 1. The third-order valence-corrected chi connectivity index (χ3v) is 3.97. The van der Waals surface area contributed by atoms with E-state index >= 15 is 0 Å². The Labute approximate surface area is 113 Å². The van der Waals surface area contributed by atoms with Crippen LogP contribution in [0, 0.1) is 0 Å². The van der Waals surface area contributed by atoms with E-state index in [0.29, 0.717) is 5.92 Å². The van der Waals surface area contributed by atoms with Crippen molar-refractivity contribution in [1.29, 1.82) is 0 Å². The molecule has 4 heteroatoms. The highest BCUT2D eigenvalue weighted by Crippen LogP contribution is 2.35. The summed E-state index contributed by atoms with van der Waals surface area (Å²) in [6.07, 6.45) is 1.04. The van der Waals surface area contributed by atoms with Crippen LogP contribution in [0.5, 0.6) is 5.75 Å². The fourth-order valence-electron chi connectivity index (χ4n) is 2.90. The molecule has 102 valence electrons. The van der Waals surface area contributed by atoms with Crippen molar-refractivity contribution in [3.63, 3.8) is 0 Å². The van der Waals surface area contributed by atoms with Gasteiger partial charge in [-0.05, 0) is 32.1 Å². The number of likely N-dealkylation sites (N-methyl/N-ethyl adjacent to an activating group) is 1. The van der Waals surface area contributed by atoms with Crippen LogP contribution in [0.2, 0.25) is 0 Å². The number of likely N-dealkylation sites (tertiary alicyclic amines) is 1. The van der Waals surface area contributed by atoms with Crippen molar-refractivity contribution in [1.82, 2.24) is 4.90 Å². The highest BCUT2D eigenvalue weighted by molar-refractivity contribution is 5.83. The lowest BCUT2D eigenvalue weighted by atomic mass is 9.90. The molecule has 1 aliphatic heterocycles. The quantitative estimate of drug-likeness (QED) is 0.899. The van der Waals surface area contributed by atoms with Gasteiger partial charge in [-0.25, -0.2) is 0 Å².